The third-order valence-corrected chi connectivity index (χ3v) is 3.37. The number of halogens is 1. The summed E-state index contributed by atoms with van der Waals surface area (Å²) in [5.74, 6) is 0.901. The summed E-state index contributed by atoms with van der Waals surface area (Å²) < 4.78 is 1.12. The molecular weight excluding hydrogens is 302 g/mol. The lowest BCUT2D eigenvalue weighted by molar-refractivity contribution is 0.318. The van der Waals surface area contributed by atoms with Gasteiger partial charge in [0.1, 0.15) is 5.82 Å². The highest BCUT2D eigenvalue weighted by atomic mass is 79.9. The minimum Gasteiger partial charge on any atom is -0.373 e. The standard InChI is InChI=1S/C15H18BrN3/c1-17-15-7-6-13(9-18-15)11-19(2)10-12-4-3-5-14(16)8-12/h3-9H,10-11H2,1-2H3,(H,17,18). The van der Waals surface area contributed by atoms with Crippen molar-refractivity contribution in [2.45, 2.75) is 13.1 Å². The largest absolute Gasteiger partial charge is 0.373 e. The van der Waals surface area contributed by atoms with Crippen LogP contribution in [-0.2, 0) is 13.1 Å². The van der Waals surface area contributed by atoms with Crippen LogP contribution in [0.5, 0.6) is 0 Å². The Kier molecular flexibility index (Phi) is 4.93. The van der Waals surface area contributed by atoms with Crippen LogP contribution in [0.25, 0.3) is 0 Å². The van der Waals surface area contributed by atoms with Gasteiger partial charge < -0.3 is 5.32 Å². The summed E-state index contributed by atoms with van der Waals surface area (Å²) in [6.45, 7) is 1.82. The van der Waals surface area contributed by atoms with Gasteiger partial charge in [0.2, 0.25) is 0 Å². The van der Waals surface area contributed by atoms with Crippen LogP contribution in [0.15, 0.2) is 47.1 Å². The molecule has 0 aliphatic heterocycles. The number of aromatic nitrogens is 1. The van der Waals surface area contributed by atoms with Crippen molar-refractivity contribution in [2.75, 3.05) is 19.4 Å². The Morgan fingerprint density at radius 2 is 1.95 bits per heavy atom. The van der Waals surface area contributed by atoms with Gasteiger partial charge in [-0.15, -0.1) is 0 Å². The van der Waals surface area contributed by atoms with E-state index in [9.17, 15) is 0 Å². The van der Waals surface area contributed by atoms with Crippen molar-refractivity contribution >= 4 is 21.7 Å². The van der Waals surface area contributed by atoms with E-state index in [0.29, 0.717) is 0 Å². The fourth-order valence-electron chi connectivity index (χ4n) is 1.98. The number of nitrogens with zero attached hydrogens (tertiary/aromatic N) is 2. The number of nitrogens with one attached hydrogen (secondary N) is 1. The van der Waals surface area contributed by atoms with Crippen molar-refractivity contribution in [3.8, 4) is 0 Å². The molecule has 0 amide bonds. The van der Waals surface area contributed by atoms with Crippen LogP contribution in [0.2, 0.25) is 0 Å². The lowest BCUT2D eigenvalue weighted by atomic mass is 10.2. The van der Waals surface area contributed by atoms with Crippen LogP contribution < -0.4 is 5.32 Å². The fraction of sp³-hybridized carbons (Fsp3) is 0.267. The van der Waals surface area contributed by atoms with Gasteiger partial charge in [0.25, 0.3) is 0 Å². The molecule has 100 valence electrons. The molecule has 1 aromatic carbocycles. The Labute approximate surface area is 122 Å². The van der Waals surface area contributed by atoms with Gasteiger partial charge in [-0.3, -0.25) is 4.90 Å². The zero-order valence-corrected chi connectivity index (χ0v) is 12.8. The van der Waals surface area contributed by atoms with Crippen LogP contribution in [0.1, 0.15) is 11.1 Å². The SMILES string of the molecule is CNc1ccc(CN(C)Cc2cccc(Br)c2)cn1. The van der Waals surface area contributed by atoms with Crippen LogP contribution >= 0.6 is 15.9 Å². The molecular formula is C15H18BrN3. The number of hydrogen-bond acceptors (Lipinski definition) is 3. The van der Waals surface area contributed by atoms with Crippen molar-refractivity contribution in [3.63, 3.8) is 0 Å². The average molecular weight is 320 g/mol. The van der Waals surface area contributed by atoms with Gasteiger partial charge in [0.05, 0.1) is 0 Å². The first-order valence-corrected chi connectivity index (χ1v) is 7.02. The normalized spacial score (nSPS) is 10.7. The van der Waals surface area contributed by atoms with Crippen LogP contribution in [0, 0.1) is 0 Å². The Bertz CT molecular complexity index is 525. The molecule has 0 aliphatic rings. The van der Waals surface area contributed by atoms with Gasteiger partial charge in [-0.1, -0.05) is 34.1 Å². The van der Waals surface area contributed by atoms with Gasteiger partial charge in [-0.05, 0) is 36.4 Å². The quantitative estimate of drug-likeness (QED) is 0.914. The summed E-state index contributed by atoms with van der Waals surface area (Å²) in [5.41, 5.74) is 2.52. The molecule has 2 aromatic rings. The fourth-order valence-corrected chi connectivity index (χ4v) is 2.43. The lowest BCUT2D eigenvalue weighted by Gasteiger charge is -2.17. The van der Waals surface area contributed by atoms with Gasteiger partial charge in [0.15, 0.2) is 0 Å². The highest BCUT2D eigenvalue weighted by Gasteiger charge is 2.03. The maximum atomic E-state index is 4.33. The first-order chi connectivity index (χ1) is 9.17. The molecule has 0 radical (unpaired) electrons. The number of hydrogen-bond donors (Lipinski definition) is 1. The summed E-state index contributed by atoms with van der Waals surface area (Å²) in [6.07, 6.45) is 1.92. The van der Waals surface area contributed by atoms with E-state index in [1.165, 1.54) is 11.1 Å². The predicted molar refractivity (Wildman–Crippen MR) is 83.1 cm³/mol. The van der Waals surface area contributed by atoms with E-state index in [-0.39, 0.29) is 0 Å². The molecule has 19 heavy (non-hydrogen) atoms. The van der Waals surface area contributed by atoms with Crippen LogP contribution in [0.4, 0.5) is 5.82 Å². The summed E-state index contributed by atoms with van der Waals surface area (Å²) in [5, 5.41) is 3.02. The highest BCUT2D eigenvalue weighted by molar-refractivity contribution is 9.10. The number of rotatable bonds is 5. The summed E-state index contributed by atoms with van der Waals surface area (Å²) in [6, 6.07) is 12.5. The van der Waals surface area contributed by atoms with E-state index < -0.39 is 0 Å². The molecule has 0 saturated carbocycles. The zero-order valence-electron chi connectivity index (χ0n) is 11.2. The number of anilines is 1. The minimum atomic E-state index is 0.892. The van der Waals surface area contributed by atoms with Crippen molar-refractivity contribution in [2.24, 2.45) is 0 Å². The summed E-state index contributed by atoms with van der Waals surface area (Å²) in [4.78, 5) is 6.60. The minimum absolute atomic E-state index is 0.892. The monoisotopic (exact) mass is 319 g/mol. The number of pyridine rings is 1. The van der Waals surface area contributed by atoms with Crippen molar-refractivity contribution in [3.05, 3.63) is 58.2 Å². The van der Waals surface area contributed by atoms with Crippen molar-refractivity contribution < 1.29 is 0 Å². The highest BCUT2D eigenvalue weighted by Crippen LogP contribution is 2.14. The Morgan fingerprint density at radius 1 is 1.16 bits per heavy atom. The predicted octanol–water partition coefficient (Wildman–Crippen LogP) is 3.52. The van der Waals surface area contributed by atoms with E-state index >= 15 is 0 Å². The van der Waals surface area contributed by atoms with E-state index in [1.54, 1.807) is 0 Å². The first kappa shape index (κ1) is 14.0. The Morgan fingerprint density at radius 3 is 2.58 bits per heavy atom. The molecule has 0 unspecified atom stereocenters. The smallest absolute Gasteiger partial charge is 0.125 e. The van der Waals surface area contributed by atoms with Gasteiger partial charge in [0, 0.05) is 30.8 Å². The topological polar surface area (TPSA) is 28.2 Å². The molecule has 1 aromatic heterocycles. The third-order valence-electron chi connectivity index (χ3n) is 2.87. The maximum absolute atomic E-state index is 4.33. The second-order valence-electron chi connectivity index (χ2n) is 4.60. The molecule has 0 bridgehead atoms. The molecule has 1 heterocycles. The van der Waals surface area contributed by atoms with Crippen LogP contribution in [-0.4, -0.2) is 24.0 Å². The Hall–Kier alpha value is -1.39. The van der Waals surface area contributed by atoms with E-state index in [4.69, 9.17) is 0 Å². The molecule has 1 N–H and O–H groups in total. The second-order valence-corrected chi connectivity index (χ2v) is 5.52. The summed E-state index contributed by atoms with van der Waals surface area (Å²) in [7, 11) is 3.99. The zero-order chi connectivity index (χ0) is 13.7. The van der Waals surface area contributed by atoms with E-state index in [2.05, 4.69) is 62.4 Å². The van der Waals surface area contributed by atoms with Crippen molar-refractivity contribution in [1.82, 2.24) is 9.88 Å². The lowest BCUT2D eigenvalue weighted by Crippen LogP contribution is -2.17. The van der Waals surface area contributed by atoms with Gasteiger partial charge in [-0.25, -0.2) is 4.98 Å². The van der Waals surface area contributed by atoms with Gasteiger partial charge >= 0.3 is 0 Å². The third kappa shape index (κ3) is 4.33. The molecule has 0 fully saturated rings. The van der Waals surface area contributed by atoms with Gasteiger partial charge in [-0.2, -0.15) is 0 Å². The van der Waals surface area contributed by atoms with E-state index in [0.717, 1.165) is 23.4 Å². The van der Waals surface area contributed by atoms with Crippen molar-refractivity contribution in [1.29, 1.82) is 0 Å². The average Bonchev–Trinajstić information content (AvgIpc) is 2.39. The summed E-state index contributed by atoms with van der Waals surface area (Å²) >= 11 is 3.50. The van der Waals surface area contributed by atoms with E-state index in [1.807, 2.05) is 25.4 Å². The number of benzene rings is 1. The molecule has 0 atom stereocenters. The molecule has 0 aliphatic carbocycles. The molecule has 0 spiro atoms. The maximum Gasteiger partial charge on any atom is 0.125 e. The molecule has 2 rings (SSSR count). The molecule has 4 heteroatoms. The Balaban J connectivity index is 1.95. The molecule has 3 nitrogen and oxygen atoms in total. The van der Waals surface area contributed by atoms with Crippen LogP contribution in [0.3, 0.4) is 0 Å². The second kappa shape index (κ2) is 6.68. The first-order valence-electron chi connectivity index (χ1n) is 6.23. The molecule has 0 saturated heterocycles.